The Morgan fingerprint density at radius 3 is 1.48 bits per heavy atom. The molecule has 0 spiro atoms. The van der Waals surface area contributed by atoms with E-state index in [1.165, 1.54) is 12.4 Å². The van der Waals surface area contributed by atoms with Gasteiger partial charge in [0.25, 0.3) is 11.8 Å². The van der Waals surface area contributed by atoms with Crippen molar-refractivity contribution in [1.29, 1.82) is 0 Å². The van der Waals surface area contributed by atoms with E-state index in [0.29, 0.717) is 34.8 Å². The number of rotatable bonds is 10. The van der Waals surface area contributed by atoms with Gasteiger partial charge >= 0.3 is 7.69 Å². The molecule has 165 valence electrons. The van der Waals surface area contributed by atoms with Crippen LogP contribution in [0.2, 0.25) is 10.0 Å². The second-order valence-corrected chi connectivity index (χ2v) is 7.67. The summed E-state index contributed by atoms with van der Waals surface area (Å²) in [6.07, 6.45) is 2.96. The van der Waals surface area contributed by atoms with E-state index >= 15 is 0 Å². The lowest BCUT2D eigenvalue weighted by Crippen LogP contribution is -2.13. The molecule has 0 atom stereocenters. The summed E-state index contributed by atoms with van der Waals surface area (Å²) in [5, 5.41) is 0.781. The highest BCUT2D eigenvalue weighted by molar-refractivity contribution is 6.31. The number of halogens is 2. The summed E-state index contributed by atoms with van der Waals surface area (Å²) in [7, 11) is 1.12. The number of ether oxygens (including phenoxy) is 2. The van der Waals surface area contributed by atoms with Gasteiger partial charge in [-0.1, -0.05) is 83.9 Å². The molecule has 0 unspecified atom stereocenters. The summed E-state index contributed by atoms with van der Waals surface area (Å²) in [5.41, 5.74) is 1.98. The van der Waals surface area contributed by atoms with Crippen molar-refractivity contribution in [3.05, 3.63) is 106 Å². The Hall–Kier alpha value is -3.42. The van der Waals surface area contributed by atoms with Crippen molar-refractivity contribution >= 4 is 30.9 Å². The van der Waals surface area contributed by atoms with Crippen LogP contribution in [-0.4, -0.2) is 17.7 Å². The zero-order chi connectivity index (χ0) is 22.9. The zero-order valence-electron chi connectivity index (χ0n) is 17.4. The maximum Gasteiger partial charge on any atom is 0.658 e. The molecule has 1 radical (unpaired) electrons. The third-order valence-electron chi connectivity index (χ3n) is 4.36. The number of benzene rings is 2. The average molecular weight is 480 g/mol. The molecule has 4 aromatic rings. The van der Waals surface area contributed by atoms with Gasteiger partial charge in [0, 0.05) is 24.5 Å². The Morgan fingerprint density at radius 2 is 1.06 bits per heavy atom. The second-order valence-electron chi connectivity index (χ2n) is 6.79. The second kappa shape index (κ2) is 11.5. The molecule has 0 aliphatic carbocycles. The lowest BCUT2D eigenvalue weighted by Gasteiger charge is -2.14. The Balaban J connectivity index is 1.39. The van der Waals surface area contributed by atoms with E-state index < -0.39 is 0 Å². The Kier molecular flexibility index (Phi) is 7.90. The molecule has 2 aromatic carbocycles. The fraction of sp³-hybridized carbons (Fsp3) is 0.0833. The number of hydrogen-bond acceptors (Lipinski definition) is 6. The molecule has 0 amide bonds. The minimum absolute atomic E-state index is 0.271. The predicted octanol–water partition coefficient (Wildman–Crippen LogP) is 5.93. The summed E-state index contributed by atoms with van der Waals surface area (Å²) in [5.74, 6) is 1.13. The Labute approximate surface area is 202 Å². The van der Waals surface area contributed by atoms with Crippen molar-refractivity contribution in [2.75, 3.05) is 0 Å². The normalized spacial score (nSPS) is 10.4. The maximum absolute atomic E-state index is 6.08. The van der Waals surface area contributed by atoms with E-state index in [0.717, 1.165) is 18.8 Å². The van der Waals surface area contributed by atoms with E-state index in [4.69, 9.17) is 42.0 Å². The van der Waals surface area contributed by atoms with Crippen LogP contribution in [0.15, 0.2) is 85.2 Å². The quantitative estimate of drug-likeness (QED) is 0.262. The molecular weight excluding hydrogens is 462 g/mol. The van der Waals surface area contributed by atoms with Gasteiger partial charge < -0.3 is 18.8 Å². The molecule has 4 rings (SSSR count). The first-order chi connectivity index (χ1) is 16.2. The van der Waals surface area contributed by atoms with Crippen LogP contribution < -0.4 is 18.8 Å². The van der Waals surface area contributed by atoms with Gasteiger partial charge in [0.1, 0.15) is 13.2 Å². The maximum atomic E-state index is 6.08. The third kappa shape index (κ3) is 6.78. The molecule has 0 aliphatic heterocycles. The van der Waals surface area contributed by atoms with Crippen LogP contribution in [-0.2, 0) is 13.2 Å². The first-order valence-electron chi connectivity index (χ1n) is 9.97. The standard InChI is InChI=1S/C24H18BCl2N2O4/c26-19-11-21(23(28-13-19)30-15-17-7-3-1-4-8-17)32-25-33-22-12-20(27)14-29-24(22)31-16-18-9-5-2-6-10-18/h1-14H,15-16H2. The highest BCUT2D eigenvalue weighted by Crippen LogP contribution is 2.30. The van der Waals surface area contributed by atoms with Crippen LogP contribution in [0, 0.1) is 0 Å². The van der Waals surface area contributed by atoms with Crippen LogP contribution in [0.3, 0.4) is 0 Å². The van der Waals surface area contributed by atoms with E-state index in [2.05, 4.69) is 9.97 Å². The Morgan fingerprint density at radius 1 is 0.636 bits per heavy atom. The number of aromatic nitrogens is 2. The predicted molar refractivity (Wildman–Crippen MR) is 127 cm³/mol. The fourth-order valence-corrected chi connectivity index (χ4v) is 3.08. The molecular formula is C24H18BCl2N2O4. The van der Waals surface area contributed by atoms with Crippen LogP contribution >= 0.6 is 23.2 Å². The van der Waals surface area contributed by atoms with Gasteiger partial charge in [0.05, 0.1) is 10.0 Å². The largest absolute Gasteiger partial charge is 0.658 e. The van der Waals surface area contributed by atoms with Crippen LogP contribution in [0.4, 0.5) is 0 Å². The smallest absolute Gasteiger partial charge is 0.522 e. The molecule has 2 heterocycles. The summed E-state index contributed by atoms with van der Waals surface area (Å²) in [4.78, 5) is 8.40. The molecule has 0 saturated heterocycles. The van der Waals surface area contributed by atoms with E-state index in [1.807, 2.05) is 60.7 Å². The summed E-state index contributed by atoms with van der Waals surface area (Å²) >= 11 is 12.2. The van der Waals surface area contributed by atoms with E-state index in [9.17, 15) is 0 Å². The van der Waals surface area contributed by atoms with Gasteiger partial charge in [-0.25, -0.2) is 9.97 Å². The molecule has 0 bridgehead atoms. The molecule has 0 saturated carbocycles. The van der Waals surface area contributed by atoms with Crippen LogP contribution in [0.5, 0.6) is 23.3 Å². The van der Waals surface area contributed by atoms with Crippen molar-refractivity contribution in [1.82, 2.24) is 9.97 Å². The highest BCUT2D eigenvalue weighted by atomic mass is 35.5. The highest BCUT2D eigenvalue weighted by Gasteiger charge is 2.14. The lowest BCUT2D eigenvalue weighted by atomic mass is 10.2. The summed E-state index contributed by atoms with van der Waals surface area (Å²) < 4.78 is 22.8. The van der Waals surface area contributed by atoms with Crippen molar-refractivity contribution in [3.8, 4) is 23.3 Å². The molecule has 33 heavy (non-hydrogen) atoms. The van der Waals surface area contributed by atoms with Gasteiger partial charge in [-0.3, -0.25) is 0 Å². The zero-order valence-corrected chi connectivity index (χ0v) is 18.9. The minimum Gasteiger partial charge on any atom is -0.522 e. The molecule has 6 nitrogen and oxygen atoms in total. The third-order valence-corrected chi connectivity index (χ3v) is 4.77. The van der Waals surface area contributed by atoms with Gasteiger partial charge in [-0.2, -0.15) is 0 Å². The molecule has 9 heteroatoms. The molecule has 0 aliphatic rings. The van der Waals surface area contributed by atoms with Crippen molar-refractivity contribution in [2.45, 2.75) is 13.2 Å². The van der Waals surface area contributed by atoms with E-state index in [1.54, 1.807) is 12.1 Å². The van der Waals surface area contributed by atoms with Crippen molar-refractivity contribution < 1.29 is 18.8 Å². The summed E-state index contributed by atoms with van der Waals surface area (Å²) in [6.45, 7) is 0.644. The van der Waals surface area contributed by atoms with Crippen molar-refractivity contribution in [2.24, 2.45) is 0 Å². The first-order valence-corrected chi connectivity index (χ1v) is 10.7. The monoisotopic (exact) mass is 479 g/mol. The summed E-state index contributed by atoms with van der Waals surface area (Å²) in [6, 6.07) is 22.6. The Bertz CT molecular complexity index is 1090. The molecule has 0 N–H and O–H groups in total. The van der Waals surface area contributed by atoms with Gasteiger partial charge in [-0.05, 0) is 11.1 Å². The lowest BCUT2D eigenvalue weighted by molar-refractivity contribution is 0.276. The van der Waals surface area contributed by atoms with Gasteiger partial charge in [0.2, 0.25) is 0 Å². The fourth-order valence-electron chi connectivity index (χ4n) is 2.78. The van der Waals surface area contributed by atoms with E-state index in [-0.39, 0.29) is 11.8 Å². The van der Waals surface area contributed by atoms with Crippen LogP contribution in [0.25, 0.3) is 0 Å². The molecule has 2 aromatic heterocycles. The number of pyridine rings is 2. The van der Waals surface area contributed by atoms with Crippen LogP contribution in [0.1, 0.15) is 11.1 Å². The van der Waals surface area contributed by atoms with Gasteiger partial charge in [0.15, 0.2) is 11.5 Å². The minimum atomic E-state index is 0.271. The SMILES string of the molecule is Clc1cnc(OCc2ccccc2)c(O[B]Oc2cc(Cl)cnc2OCc2ccccc2)c1. The van der Waals surface area contributed by atoms with Crippen molar-refractivity contribution in [3.63, 3.8) is 0 Å². The number of hydrogen-bond donors (Lipinski definition) is 0. The van der Waals surface area contributed by atoms with Gasteiger partial charge in [-0.15, -0.1) is 0 Å². The molecule has 0 fully saturated rings. The average Bonchev–Trinajstić information content (AvgIpc) is 2.84. The first kappa shape index (κ1) is 22.8. The number of nitrogens with zero attached hydrogens (tertiary/aromatic N) is 2. The topological polar surface area (TPSA) is 62.7 Å².